The molecular formula is C19H13ClFNO5. The predicted octanol–water partition coefficient (Wildman–Crippen LogP) is 2.99. The van der Waals surface area contributed by atoms with Gasteiger partial charge in [0.25, 0.3) is 11.7 Å². The van der Waals surface area contributed by atoms with Gasteiger partial charge in [0.1, 0.15) is 18.1 Å². The Morgan fingerprint density at radius 2 is 1.63 bits per heavy atom. The smallest absolute Gasteiger partial charge is 0.323 e. The number of nitrogens with zero attached hydrogens (tertiary/aromatic N) is 1. The molecule has 1 heterocycles. The van der Waals surface area contributed by atoms with Crippen LogP contribution in [0.4, 0.5) is 4.39 Å². The largest absolute Gasteiger partial charge is 0.507 e. The molecule has 0 saturated carbocycles. The summed E-state index contributed by atoms with van der Waals surface area (Å²) in [7, 11) is 0. The van der Waals surface area contributed by atoms with E-state index in [4.69, 9.17) is 16.7 Å². The number of Topliss-reactive ketones (excluding diaryl/α,β-unsaturated/α-hetero) is 1. The standard InChI is InChI=1S/C19H13ClFNO5/c20-12-5-1-11(2-6-12)17(25)15-16(10-3-7-13(21)8-4-10)22(9-14(23)24)19(27)18(15)26/h1-8,16,25H,9H2,(H,23,24)/b17-15+. The van der Waals surface area contributed by atoms with Gasteiger partial charge in [0.05, 0.1) is 11.6 Å². The van der Waals surface area contributed by atoms with Gasteiger partial charge in [-0.3, -0.25) is 14.4 Å². The van der Waals surface area contributed by atoms with Crippen LogP contribution in [-0.2, 0) is 14.4 Å². The molecular weight excluding hydrogens is 377 g/mol. The molecule has 3 rings (SSSR count). The summed E-state index contributed by atoms with van der Waals surface area (Å²) in [5.41, 5.74) is 0.266. The van der Waals surface area contributed by atoms with E-state index in [2.05, 4.69) is 0 Å². The molecule has 8 heteroatoms. The summed E-state index contributed by atoms with van der Waals surface area (Å²) in [6.07, 6.45) is 0. The topological polar surface area (TPSA) is 94.9 Å². The van der Waals surface area contributed by atoms with E-state index < -0.39 is 41.8 Å². The number of carboxylic acids is 1. The number of halogens is 2. The van der Waals surface area contributed by atoms with Gasteiger partial charge in [-0.2, -0.15) is 0 Å². The van der Waals surface area contributed by atoms with E-state index >= 15 is 0 Å². The molecule has 0 spiro atoms. The maximum absolute atomic E-state index is 13.3. The van der Waals surface area contributed by atoms with Crippen LogP contribution in [0.2, 0.25) is 5.02 Å². The third kappa shape index (κ3) is 3.54. The van der Waals surface area contributed by atoms with Gasteiger partial charge in [-0.15, -0.1) is 0 Å². The average Bonchev–Trinajstić information content (AvgIpc) is 2.87. The highest BCUT2D eigenvalue weighted by molar-refractivity contribution is 6.46. The molecule has 0 aliphatic carbocycles. The lowest BCUT2D eigenvalue weighted by atomic mass is 9.95. The molecule has 27 heavy (non-hydrogen) atoms. The van der Waals surface area contributed by atoms with Crippen LogP contribution < -0.4 is 0 Å². The first kappa shape index (κ1) is 18.6. The van der Waals surface area contributed by atoms with E-state index in [0.29, 0.717) is 10.6 Å². The van der Waals surface area contributed by atoms with Crippen molar-refractivity contribution in [3.05, 3.63) is 76.1 Å². The number of benzene rings is 2. The fourth-order valence-corrected chi connectivity index (χ4v) is 3.07. The van der Waals surface area contributed by atoms with Crippen molar-refractivity contribution in [1.82, 2.24) is 4.90 Å². The van der Waals surface area contributed by atoms with Crippen molar-refractivity contribution < 1.29 is 29.0 Å². The molecule has 2 N–H and O–H groups in total. The molecule has 1 unspecified atom stereocenters. The quantitative estimate of drug-likeness (QED) is 0.476. The summed E-state index contributed by atoms with van der Waals surface area (Å²) in [5, 5.41) is 20.2. The van der Waals surface area contributed by atoms with Gasteiger partial charge >= 0.3 is 5.97 Å². The number of carboxylic acid groups (broad SMARTS) is 1. The summed E-state index contributed by atoms with van der Waals surface area (Å²) in [5.74, 6) is -4.39. The molecule has 1 aliphatic rings. The van der Waals surface area contributed by atoms with Gasteiger partial charge in [0.15, 0.2) is 0 Å². The minimum Gasteiger partial charge on any atom is -0.507 e. The second-order valence-electron chi connectivity index (χ2n) is 5.88. The second-order valence-corrected chi connectivity index (χ2v) is 6.32. The third-order valence-electron chi connectivity index (χ3n) is 4.15. The van der Waals surface area contributed by atoms with Gasteiger partial charge < -0.3 is 15.1 Å². The molecule has 1 fully saturated rings. The number of aliphatic carboxylic acids is 1. The normalized spacial score (nSPS) is 18.7. The number of aliphatic hydroxyl groups excluding tert-OH is 1. The lowest BCUT2D eigenvalue weighted by Gasteiger charge is -2.23. The number of aliphatic hydroxyl groups is 1. The fraction of sp³-hybridized carbons (Fsp3) is 0.105. The van der Waals surface area contributed by atoms with E-state index in [9.17, 15) is 23.9 Å². The van der Waals surface area contributed by atoms with Gasteiger partial charge in [-0.25, -0.2) is 4.39 Å². The molecule has 1 aliphatic heterocycles. The Morgan fingerprint density at radius 3 is 2.19 bits per heavy atom. The highest BCUT2D eigenvalue weighted by atomic mass is 35.5. The van der Waals surface area contributed by atoms with Gasteiger partial charge in [0.2, 0.25) is 0 Å². The first-order valence-electron chi connectivity index (χ1n) is 7.81. The van der Waals surface area contributed by atoms with Crippen LogP contribution in [0.1, 0.15) is 17.2 Å². The van der Waals surface area contributed by atoms with Crippen LogP contribution in [0, 0.1) is 5.82 Å². The average molecular weight is 390 g/mol. The summed E-state index contributed by atoms with van der Waals surface area (Å²) in [4.78, 5) is 36.9. The van der Waals surface area contributed by atoms with Crippen molar-refractivity contribution in [2.45, 2.75) is 6.04 Å². The number of rotatable bonds is 4. The molecule has 138 valence electrons. The Bertz CT molecular complexity index is 953. The lowest BCUT2D eigenvalue weighted by molar-refractivity contribution is -0.146. The second kappa shape index (κ2) is 7.20. The number of hydrogen-bond acceptors (Lipinski definition) is 4. The van der Waals surface area contributed by atoms with Gasteiger partial charge in [-0.1, -0.05) is 23.7 Å². The first-order valence-corrected chi connectivity index (χ1v) is 8.19. The molecule has 0 aromatic heterocycles. The lowest BCUT2D eigenvalue weighted by Crippen LogP contribution is -2.34. The van der Waals surface area contributed by atoms with E-state index in [0.717, 1.165) is 17.0 Å². The van der Waals surface area contributed by atoms with Crippen molar-refractivity contribution in [3.63, 3.8) is 0 Å². The highest BCUT2D eigenvalue weighted by Crippen LogP contribution is 2.39. The molecule has 6 nitrogen and oxygen atoms in total. The van der Waals surface area contributed by atoms with Crippen LogP contribution in [0.5, 0.6) is 0 Å². The minimum atomic E-state index is -1.32. The van der Waals surface area contributed by atoms with Crippen molar-refractivity contribution in [3.8, 4) is 0 Å². The Balaban J connectivity index is 2.19. The highest BCUT2D eigenvalue weighted by Gasteiger charge is 2.46. The summed E-state index contributed by atoms with van der Waals surface area (Å²) < 4.78 is 13.3. The fourth-order valence-electron chi connectivity index (χ4n) is 2.94. The van der Waals surface area contributed by atoms with E-state index in [-0.39, 0.29) is 11.1 Å². The Kier molecular flexibility index (Phi) is 4.96. The Morgan fingerprint density at radius 1 is 1.04 bits per heavy atom. The van der Waals surface area contributed by atoms with Crippen LogP contribution in [0.15, 0.2) is 54.1 Å². The van der Waals surface area contributed by atoms with Crippen molar-refractivity contribution >= 4 is 35.0 Å². The molecule has 0 bridgehead atoms. The van der Waals surface area contributed by atoms with Crippen LogP contribution in [0.25, 0.3) is 5.76 Å². The Labute approximate surface area is 158 Å². The number of hydrogen-bond donors (Lipinski definition) is 2. The monoisotopic (exact) mass is 389 g/mol. The van der Waals surface area contributed by atoms with Gasteiger partial charge in [0, 0.05) is 10.6 Å². The zero-order valence-corrected chi connectivity index (χ0v) is 14.5. The van der Waals surface area contributed by atoms with Crippen molar-refractivity contribution in [1.29, 1.82) is 0 Å². The molecule has 2 aromatic carbocycles. The number of amides is 1. The summed E-state index contributed by atoms with van der Waals surface area (Å²) in [6.45, 7) is -0.746. The third-order valence-corrected chi connectivity index (χ3v) is 4.40. The minimum absolute atomic E-state index is 0.236. The first-order chi connectivity index (χ1) is 12.8. The van der Waals surface area contributed by atoms with E-state index in [1.54, 1.807) is 0 Å². The molecule has 2 aromatic rings. The zero-order chi connectivity index (χ0) is 19.7. The van der Waals surface area contributed by atoms with Crippen molar-refractivity contribution in [2.75, 3.05) is 6.54 Å². The van der Waals surface area contributed by atoms with Crippen LogP contribution in [-0.4, -0.2) is 39.3 Å². The summed E-state index contributed by atoms with van der Waals surface area (Å²) >= 11 is 5.82. The molecule has 1 atom stereocenters. The van der Waals surface area contributed by atoms with Crippen molar-refractivity contribution in [2.24, 2.45) is 0 Å². The molecule has 0 radical (unpaired) electrons. The SMILES string of the molecule is O=C(O)CN1C(=O)C(=O)/C(=C(/O)c2ccc(Cl)cc2)C1c1ccc(F)cc1. The Hall–Kier alpha value is -3.19. The zero-order valence-electron chi connectivity index (χ0n) is 13.7. The number of likely N-dealkylation sites (tertiary alicyclic amines) is 1. The van der Waals surface area contributed by atoms with E-state index in [1.807, 2.05) is 0 Å². The maximum atomic E-state index is 13.3. The number of carbonyl (C=O) groups excluding carboxylic acids is 2. The van der Waals surface area contributed by atoms with Crippen LogP contribution in [0.3, 0.4) is 0 Å². The molecule has 1 saturated heterocycles. The summed E-state index contributed by atoms with van der Waals surface area (Å²) in [6, 6.07) is 9.67. The van der Waals surface area contributed by atoms with E-state index in [1.165, 1.54) is 36.4 Å². The van der Waals surface area contributed by atoms with Gasteiger partial charge in [-0.05, 0) is 42.0 Å². The molecule has 1 amide bonds. The predicted molar refractivity (Wildman–Crippen MR) is 94.5 cm³/mol. The maximum Gasteiger partial charge on any atom is 0.323 e. The number of carbonyl (C=O) groups is 3. The van der Waals surface area contributed by atoms with Crippen LogP contribution >= 0.6 is 11.6 Å². The number of ketones is 1.